The van der Waals surface area contributed by atoms with Gasteiger partial charge >= 0.3 is 0 Å². The Labute approximate surface area is 74.8 Å². The molecule has 0 aromatic heterocycles. The average molecular weight is 177 g/mol. The summed E-state index contributed by atoms with van der Waals surface area (Å²) < 4.78 is 13.3. The maximum Gasteiger partial charge on any atom is 0.228 e. The number of carbonyl (C=O) groups excluding carboxylic acids is 1. The molecule has 3 heteroatoms. The van der Waals surface area contributed by atoms with Gasteiger partial charge in [-0.1, -0.05) is 12.1 Å². The summed E-state index contributed by atoms with van der Waals surface area (Å²) in [6.07, 6.45) is 0.731. The zero-order chi connectivity index (χ0) is 9.00. The van der Waals surface area contributed by atoms with E-state index in [1.54, 1.807) is 6.07 Å². The van der Waals surface area contributed by atoms with Gasteiger partial charge < -0.3 is 5.32 Å². The lowest BCUT2D eigenvalue weighted by Crippen LogP contribution is -2.26. The molecule has 2 bridgehead atoms. The van der Waals surface area contributed by atoms with Crippen molar-refractivity contribution in [1.82, 2.24) is 5.32 Å². The van der Waals surface area contributed by atoms with Gasteiger partial charge in [-0.25, -0.2) is 4.39 Å². The molecular weight excluding hydrogens is 169 g/mol. The molecule has 1 aromatic carbocycles. The van der Waals surface area contributed by atoms with Crippen LogP contribution in [0.25, 0.3) is 0 Å². The van der Waals surface area contributed by atoms with Gasteiger partial charge in [0.15, 0.2) is 0 Å². The van der Waals surface area contributed by atoms with Gasteiger partial charge in [0, 0.05) is 5.56 Å². The van der Waals surface area contributed by atoms with Gasteiger partial charge in [-0.3, -0.25) is 4.79 Å². The van der Waals surface area contributed by atoms with Crippen LogP contribution in [-0.2, 0) is 4.79 Å². The monoisotopic (exact) mass is 177 g/mol. The highest BCUT2D eigenvalue weighted by Crippen LogP contribution is 2.46. The molecule has 2 aliphatic rings. The second-order valence-corrected chi connectivity index (χ2v) is 3.59. The van der Waals surface area contributed by atoms with Gasteiger partial charge in [-0.05, 0) is 18.1 Å². The second kappa shape index (κ2) is 2.10. The zero-order valence-electron chi connectivity index (χ0n) is 6.88. The van der Waals surface area contributed by atoms with Crippen LogP contribution in [0.5, 0.6) is 0 Å². The molecule has 1 fully saturated rings. The molecule has 0 saturated carbocycles. The van der Waals surface area contributed by atoms with Crippen molar-refractivity contribution < 1.29 is 9.18 Å². The summed E-state index contributed by atoms with van der Waals surface area (Å²) in [6.45, 7) is 0. The molecule has 13 heavy (non-hydrogen) atoms. The Hall–Kier alpha value is -1.38. The molecule has 66 valence electrons. The fourth-order valence-electron chi connectivity index (χ4n) is 2.35. The van der Waals surface area contributed by atoms with Crippen molar-refractivity contribution in [2.75, 3.05) is 0 Å². The highest BCUT2D eigenvalue weighted by atomic mass is 19.1. The van der Waals surface area contributed by atoms with Crippen LogP contribution in [-0.4, -0.2) is 5.91 Å². The van der Waals surface area contributed by atoms with Crippen molar-refractivity contribution in [3.63, 3.8) is 0 Å². The maximum absolute atomic E-state index is 13.3. The Morgan fingerprint density at radius 3 is 3.15 bits per heavy atom. The van der Waals surface area contributed by atoms with Crippen LogP contribution in [0.15, 0.2) is 18.2 Å². The van der Waals surface area contributed by atoms with Gasteiger partial charge in [0.05, 0.1) is 12.0 Å². The SMILES string of the molecule is O=C1NC2CC1c1c(F)cccc12. The third kappa shape index (κ3) is 0.742. The summed E-state index contributed by atoms with van der Waals surface area (Å²) in [7, 11) is 0. The third-order valence-electron chi connectivity index (χ3n) is 2.91. The summed E-state index contributed by atoms with van der Waals surface area (Å²) in [5.41, 5.74) is 1.58. The van der Waals surface area contributed by atoms with Crippen molar-refractivity contribution in [2.45, 2.75) is 18.4 Å². The van der Waals surface area contributed by atoms with E-state index in [0.717, 1.165) is 12.0 Å². The number of halogens is 1. The predicted molar refractivity (Wildman–Crippen MR) is 44.6 cm³/mol. The number of benzene rings is 1. The van der Waals surface area contributed by atoms with E-state index in [2.05, 4.69) is 5.32 Å². The summed E-state index contributed by atoms with van der Waals surface area (Å²) in [6, 6.07) is 5.07. The summed E-state index contributed by atoms with van der Waals surface area (Å²) >= 11 is 0. The van der Waals surface area contributed by atoms with E-state index in [-0.39, 0.29) is 23.7 Å². The normalized spacial score (nSPS) is 28.8. The molecule has 1 heterocycles. The molecule has 0 spiro atoms. The highest BCUT2D eigenvalue weighted by Gasteiger charge is 2.44. The molecule has 2 unspecified atom stereocenters. The number of hydrogen-bond donors (Lipinski definition) is 1. The van der Waals surface area contributed by atoms with Crippen LogP contribution in [0.1, 0.15) is 29.5 Å². The summed E-state index contributed by atoms with van der Waals surface area (Å²) in [5.74, 6) is -0.497. The number of fused-ring (bicyclic) bond motifs is 5. The van der Waals surface area contributed by atoms with Crippen molar-refractivity contribution >= 4 is 5.91 Å². The van der Waals surface area contributed by atoms with Gasteiger partial charge in [0.25, 0.3) is 0 Å². The highest BCUT2D eigenvalue weighted by molar-refractivity contribution is 5.89. The molecule has 1 aromatic rings. The number of carbonyl (C=O) groups is 1. The van der Waals surface area contributed by atoms with E-state index in [1.165, 1.54) is 6.07 Å². The smallest absolute Gasteiger partial charge is 0.228 e. The minimum absolute atomic E-state index is 0.0254. The lowest BCUT2D eigenvalue weighted by Gasteiger charge is -2.15. The fourth-order valence-corrected chi connectivity index (χ4v) is 2.35. The Kier molecular flexibility index (Phi) is 1.14. The predicted octanol–water partition coefficient (Wildman–Crippen LogP) is 1.48. The molecule has 1 amide bonds. The van der Waals surface area contributed by atoms with E-state index in [4.69, 9.17) is 0 Å². The third-order valence-corrected chi connectivity index (χ3v) is 2.91. The van der Waals surface area contributed by atoms with Gasteiger partial charge in [0.1, 0.15) is 5.82 Å². The first-order valence-corrected chi connectivity index (χ1v) is 4.36. The Morgan fingerprint density at radius 2 is 2.31 bits per heavy atom. The first-order valence-electron chi connectivity index (χ1n) is 4.36. The summed E-state index contributed by atoms with van der Waals surface area (Å²) in [4.78, 5) is 11.3. The largest absolute Gasteiger partial charge is 0.349 e. The van der Waals surface area contributed by atoms with Gasteiger partial charge in [0.2, 0.25) is 5.91 Å². The van der Waals surface area contributed by atoms with Gasteiger partial charge in [-0.15, -0.1) is 0 Å². The molecule has 0 radical (unpaired) electrons. The number of amides is 1. The Balaban J connectivity index is 2.27. The fraction of sp³-hybridized carbons (Fsp3) is 0.300. The van der Waals surface area contributed by atoms with Crippen LogP contribution in [0.2, 0.25) is 0 Å². The molecule has 2 nitrogen and oxygen atoms in total. The molecule has 1 aliphatic heterocycles. The number of rotatable bonds is 0. The zero-order valence-corrected chi connectivity index (χ0v) is 6.88. The molecule has 3 rings (SSSR count). The van der Waals surface area contributed by atoms with Crippen molar-refractivity contribution in [3.05, 3.63) is 35.1 Å². The lowest BCUT2D eigenvalue weighted by atomic mass is 9.99. The lowest BCUT2D eigenvalue weighted by molar-refractivity contribution is -0.121. The van der Waals surface area contributed by atoms with E-state index in [1.807, 2.05) is 6.07 Å². The van der Waals surface area contributed by atoms with Crippen molar-refractivity contribution in [1.29, 1.82) is 0 Å². The molecule has 1 aliphatic carbocycles. The number of hydrogen-bond acceptors (Lipinski definition) is 1. The van der Waals surface area contributed by atoms with E-state index < -0.39 is 0 Å². The van der Waals surface area contributed by atoms with Crippen LogP contribution >= 0.6 is 0 Å². The van der Waals surface area contributed by atoms with Crippen LogP contribution in [0.3, 0.4) is 0 Å². The molecule has 2 atom stereocenters. The van der Waals surface area contributed by atoms with Crippen molar-refractivity contribution in [2.24, 2.45) is 0 Å². The van der Waals surface area contributed by atoms with Crippen LogP contribution in [0, 0.1) is 5.82 Å². The molecule has 1 saturated heterocycles. The van der Waals surface area contributed by atoms with Crippen LogP contribution in [0.4, 0.5) is 4.39 Å². The second-order valence-electron chi connectivity index (χ2n) is 3.59. The molecule has 1 N–H and O–H groups in total. The van der Waals surface area contributed by atoms with E-state index in [9.17, 15) is 9.18 Å². The standard InChI is InChI=1S/C10H8FNO/c11-7-3-1-2-5-8-4-6(9(5)7)10(13)12-8/h1-3,6,8H,4H2,(H,12,13). The van der Waals surface area contributed by atoms with E-state index >= 15 is 0 Å². The first-order chi connectivity index (χ1) is 6.27. The Bertz CT molecular complexity index is 402. The Morgan fingerprint density at radius 1 is 1.46 bits per heavy atom. The minimum Gasteiger partial charge on any atom is -0.349 e. The maximum atomic E-state index is 13.3. The average Bonchev–Trinajstić information content (AvgIpc) is 2.62. The van der Waals surface area contributed by atoms with Crippen molar-refractivity contribution in [3.8, 4) is 0 Å². The van der Waals surface area contributed by atoms with Gasteiger partial charge in [-0.2, -0.15) is 0 Å². The summed E-state index contributed by atoms with van der Waals surface area (Å²) in [5, 5.41) is 2.83. The minimum atomic E-state index is -0.236. The number of nitrogens with one attached hydrogen (secondary N) is 1. The first kappa shape index (κ1) is 7.06. The van der Waals surface area contributed by atoms with E-state index in [0.29, 0.717) is 5.56 Å². The quantitative estimate of drug-likeness (QED) is 0.639. The molecular formula is C10H8FNO. The topological polar surface area (TPSA) is 29.1 Å². The van der Waals surface area contributed by atoms with Crippen LogP contribution < -0.4 is 5.32 Å².